The van der Waals surface area contributed by atoms with Crippen molar-refractivity contribution >= 4 is 17.7 Å². The number of benzene rings is 1. The first-order valence-electron chi connectivity index (χ1n) is 10.0. The maximum Gasteiger partial charge on any atom is 0.255 e. The fraction of sp³-hybridized carbons (Fsp3) is 0.455. The minimum absolute atomic E-state index is 0.0684. The lowest BCUT2D eigenvalue weighted by Gasteiger charge is -2.36. The number of ether oxygens (including phenoxy) is 1. The Morgan fingerprint density at radius 3 is 2.50 bits per heavy atom. The standard InChI is InChI=1S/C22H27N3O2S/c1-28-20-9-7-19(8-10-20)27-21-11-6-17(16-23-21)22(26)25-13-3-12-24(14-15-25)18-4-2-5-18/h6-11,16,18H,2-5,12-15H2,1H3. The number of amides is 1. The highest BCUT2D eigenvalue weighted by Crippen LogP contribution is 2.26. The fourth-order valence-electron chi connectivity index (χ4n) is 3.77. The zero-order valence-corrected chi connectivity index (χ0v) is 17.2. The van der Waals surface area contributed by atoms with Crippen LogP contribution in [-0.2, 0) is 0 Å². The molecule has 1 aromatic heterocycles. The Labute approximate surface area is 171 Å². The van der Waals surface area contributed by atoms with Gasteiger partial charge in [-0.3, -0.25) is 9.69 Å². The molecule has 1 saturated heterocycles. The summed E-state index contributed by atoms with van der Waals surface area (Å²) in [5, 5.41) is 0. The number of carbonyl (C=O) groups excluding carboxylic acids is 1. The molecule has 148 valence electrons. The largest absolute Gasteiger partial charge is 0.439 e. The quantitative estimate of drug-likeness (QED) is 0.704. The predicted molar refractivity (Wildman–Crippen MR) is 112 cm³/mol. The molecule has 2 fully saturated rings. The van der Waals surface area contributed by atoms with Crippen LogP contribution in [0.1, 0.15) is 36.0 Å². The lowest BCUT2D eigenvalue weighted by atomic mass is 9.91. The van der Waals surface area contributed by atoms with Crippen molar-refractivity contribution in [2.75, 3.05) is 32.4 Å². The molecule has 6 heteroatoms. The van der Waals surface area contributed by atoms with Gasteiger partial charge in [0.2, 0.25) is 5.88 Å². The van der Waals surface area contributed by atoms with E-state index in [-0.39, 0.29) is 5.91 Å². The van der Waals surface area contributed by atoms with Gasteiger partial charge in [0, 0.05) is 49.4 Å². The van der Waals surface area contributed by atoms with Crippen molar-refractivity contribution in [3.8, 4) is 11.6 Å². The van der Waals surface area contributed by atoms with Crippen LogP contribution in [0.3, 0.4) is 0 Å². The minimum Gasteiger partial charge on any atom is -0.439 e. The Kier molecular flexibility index (Phi) is 6.17. The second-order valence-electron chi connectivity index (χ2n) is 7.43. The molecule has 0 spiro atoms. The van der Waals surface area contributed by atoms with Crippen molar-refractivity contribution in [3.05, 3.63) is 48.2 Å². The molecule has 1 saturated carbocycles. The number of rotatable bonds is 5. The van der Waals surface area contributed by atoms with Gasteiger partial charge in [0.25, 0.3) is 5.91 Å². The Bertz CT molecular complexity index is 790. The highest BCUT2D eigenvalue weighted by molar-refractivity contribution is 7.98. The third-order valence-electron chi connectivity index (χ3n) is 5.67. The predicted octanol–water partition coefficient (Wildman–Crippen LogP) is 4.30. The van der Waals surface area contributed by atoms with Gasteiger partial charge in [-0.2, -0.15) is 0 Å². The molecule has 1 amide bonds. The molecule has 1 aliphatic carbocycles. The zero-order chi connectivity index (χ0) is 19.3. The number of carbonyl (C=O) groups is 1. The van der Waals surface area contributed by atoms with E-state index in [0.717, 1.165) is 44.4 Å². The highest BCUT2D eigenvalue weighted by atomic mass is 32.2. The third kappa shape index (κ3) is 4.50. The minimum atomic E-state index is 0.0684. The van der Waals surface area contributed by atoms with Crippen molar-refractivity contribution in [2.24, 2.45) is 0 Å². The molecule has 0 radical (unpaired) electrons. The van der Waals surface area contributed by atoms with Gasteiger partial charge >= 0.3 is 0 Å². The monoisotopic (exact) mass is 397 g/mol. The first kappa shape index (κ1) is 19.3. The van der Waals surface area contributed by atoms with Crippen molar-refractivity contribution in [3.63, 3.8) is 0 Å². The van der Waals surface area contributed by atoms with Gasteiger partial charge in [-0.05, 0) is 55.9 Å². The van der Waals surface area contributed by atoms with Crippen LogP contribution in [0.4, 0.5) is 0 Å². The van der Waals surface area contributed by atoms with Crippen LogP contribution in [0.5, 0.6) is 11.6 Å². The molecule has 0 unspecified atom stereocenters. The van der Waals surface area contributed by atoms with Crippen LogP contribution in [0.25, 0.3) is 0 Å². The summed E-state index contributed by atoms with van der Waals surface area (Å²) in [4.78, 5) is 22.9. The SMILES string of the molecule is CSc1ccc(Oc2ccc(C(=O)N3CCCN(C4CCC4)CC3)cn2)cc1. The van der Waals surface area contributed by atoms with Gasteiger partial charge in [0.1, 0.15) is 5.75 Å². The van der Waals surface area contributed by atoms with Crippen LogP contribution < -0.4 is 4.74 Å². The van der Waals surface area contributed by atoms with E-state index < -0.39 is 0 Å². The van der Waals surface area contributed by atoms with E-state index in [0.29, 0.717) is 11.4 Å². The molecule has 28 heavy (non-hydrogen) atoms. The molecule has 0 bridgehead atoms. The molecule has 1 aromatic carbocycles. The number of hydrogen-bond acceptors (Lipinski definition) is 5. The summed E-state index contributed by atoms with van der Waals surface area (Å²) < 4.78 is 5.79. The van der Waals surface area contributed by atoms with Gasteiger partial charge in [-0.1, -0.05) is 6.42 Å². The van der Waals surface area contributed by atoms with E-state index in [1.54, 1.807) is 24.0 Å². The summed E-state index contributed by atoms with van der Waals surface area (Å²) in [6, 6.07) is 12.2. The number of aromatic nitrogens is 1. The van der Waals surface area contributed by atoms with E-state index >= 15 is 0 Å². The molecule has 2 aromatic rings. The van der Waals surface area contributed by atoms with Crippen LogP contribution in [0.15, 0.2) is 47.5 Å². The van der Waals surface area contributed by atoms with Crippen molar-refractivity contribution in [1.82, 2.24) is 14.8 Å². The summed E-state index contributed by atoms with van der Waals surface area (Å²) in [7, 11) is 0. The van der Waals surface area contributed by atoms with Crippen molar-refractivity contribution < 1.29 is 9.53 Å². The number of pyridine rings is 1. The van der Waals surface area contributed by atoms with E-state index in [2.05, 4.69) is 9.88 Å². The molecule has 0 atom stereocenters. The zero-order valence-electron chi connectivity index (χ0n) is 16.3. The normalized spacial score (nSPS) is 18.4. The molecule has 2 aliphatic rings. The molecule has 0 N–H and O–H groups in total. The Balaban J connectivity index is 1.35. The number of thioether (sulfide) groups is 1. The number of nitrogens with zero attached hydrogens (tertiary/aromatic N) is 3. The summed E-state index contributed by atoms with van der Waals surface area (Å²) >= 11 is 1.69. The second kappa shape index (κ2) is 8.97. The van der Waals surface area contributed by atoms with Gasteiger partial charge < -0.3 is 9.64 Å². The lowest BCUT2D eigenvalue weighted by Crippen LogP contribution is -2.42. The number of hydrogen-bond donors (Lipinski definition) is 0. The fourth-order valence-corrected chi connectivity index (χ4v) is 4.18. The second-order valence-corrected chi connectivity index (χ2v) is 8.31. The third-order valence-corrected chi connectivity index (χ3v) is 6.42. The molecular weight excluding hydrogens is 370 g/mol. The van der Waals surface area contributed by atoms with Crippen LogP contribution in [-0.4, -0.2) is 59.2 Å². The molecular formula is C22H27N3O2S. The highest BCUT2D eigenvalue weighted by Gasteiger charge is 2.28. The first-order valence-corrected chi connectivity index (χ1v) is 11.3. The average Bonchev–Trinajstić information content (AvgIpc) is 2.93. The van der Waals surface area contributed by atoms with Gasteiger partial charge in [0.15, 0.2) is 0 Å². The Morgan fingerprint density at radius 1 is 1.04 bits per heavy atom. The van der Waals surface area contributed by atoms with E-state index in [9.17, 15) is 4.79 Å². The first-order chi connectivity index (χ1) is 13.7. The molecule has 2 heterocycles. The Morgan fingerprint density at radius 2 is 1.86 bits per heavy atom. The van der Waals surface area contributed by atoms with Crippen molar-refractivity contribution in [2.45, 2.75) is 36.6 Å². The van der Waals surface area contributed by atoms with Crippen LogP contribution in [0, 0.1) is 0 Å². The van der Waals surface area contributed by atoms with Gasteiger partial charge in [-0.15, -0.1) is 11.8 Å². The summed E-state index contributed by atoms with van der Waals surface area (Å²) in [6.07, 6.45) is 8.71. The summed E-state index contributed by atoms with van der Waals surface area (Å²) in [6.45, 7) is 3.71. The average molecular weight is 398 g/mol. The van der Waals surface area contributed by atoms with Gasteiger partial charge in [0.05, 0.1) is 5.56 Å². The van der Waals surface area contributed by atoms with Crippen LogP contribution >= 0.6 is 11.8 Å². The van der Waals surface area contributed by atoms with E-state index in [1.807, 2.05) is 41.5 Å². The van der Waals surface area contributed by atoms with E-state index in [1.165, 1.54) is 24.2 Å². The topological polar surface area (TPSA) is 45.7 Å². The van der Waals surface area contributed by atoms with Gasteiger partial charge in [-0.25, -0.2) is 4.98 Å². The lowest BCUT2D eigenvalue weighted by molar-refractivity contribution is 0.0749. The summed E-state index contributed by atoms with van der Waals surface area (Å²) in [5.41, 5.74) is 0.627. The molecule has 1 aliphatic heterocycles. The molecule has 5 nitrogen and oxygen atoms in total. The Hall–Kier alpha value is -2.05. The summed E-state index contributed by atoms with van der Waals surface area (Å²) in [5.74, 6) is 1.31. The van der Waals surface area contributed by atoms with Crippen molar-refractivity contribution in [1.29, 1.82) is 0 Å². The van der Waals surface area contributed by atoms with Crippen LogP contribution in [0.2, 0.25) is 0 Å². The maximum atomic E-state index is 12.9. The smallest absolute Gasteiger partial charge is 0.255 e. The molecule has 4 rings (SSSR count). The maximum absolute atomic E-state index is 12.9. The van der Waals surface area contributed by atoms with E-state index in [4.69, 9.17) is 4.74 Å².